The predicted octanol–water partition coefficient (Wildman–Crippen LogP) is 4.99. The van der Waals surface area contributed by atoms with Crippen LogP contribution in [0.5, 0.6) is 0 Å². The number of pyridine rings is 1. The van der Waals surface area contributed by atoms with Crippen LogP contribution in [0.15, 0.2) is 85.1 Å². The molecule has 2 aromatic heterocycles. The second kappa shape index (κ2) is 10.7. The molecule has 1 atom stereocenters. The topological polar surface area (TPSA) is 63.0 Å². The summed E-state index contributed by atoms with van der Waals surface area (Å²) in [7, 11) is 0. The first-order chi connectivity index (χ1) is 18.7. The highest BCUT2D eigenvalue weighted by Gasteiger charge is 2.31. The maximum absolute atomic E-state index is 4.59. The maximum atomic E-state index is 4.59. The fraction of sp³-hybridized carbons (Fsp3) is 0.290. The molecule has 0 radical (unpaired) electrons. The molecule has 6 rings (SSSR count). The van der Waals surface area contributed by atoms with E-state index in [4.69, 9.17) is 0 Å². The van der Waals surface area contributed by atoms with Crippen molar-refractivity contribution in [2.45, 2.75) is 32.9 Å². The number of fused-ring (bicyclic) bond motifs is 1. The number of rotatable bonds is 7. The van der Waals surface area contributed by atoms with E-state index in [1.807, 2.05) is 16.9 Å². The van der Waals surface area contributed by atoms with Crippen molar-refractivity contribution in [1.82, 2.24) is 30.1 Å². The lowest BCUT2D eigenvalue weighted by Gasteiger charge is -2.40. The Morgan fingerprint density at radius 2 is 1.68 bits per heavy atom. The van der Waals surface area contributed by atoms with Crippen LogP contribution >= 0.6 is 0 Å². The number of hydrogen-bond donors (Lipinski definition) is 0. The fourth-order valence-electron chi connectivity index (χ4n) is 5.53. The number of hydrogen-bond acceptors (Lipinski definition) is 6. The molecular formula is C31H33N7. The third kappa shape index (κ3) is 4.89. The van der Waals surface area contributed by atoms with Gasteiger partial charge in [-0.05, 0) is 77.2 Å². The molecule has 192 valence electrons. The Kier molecular flexibility index (Phi) is 6.84. The minimum absolute atomic E-state index is 0.0360. The zero-order chi connectivity index (χ0) is 25.9. The van der Waals surface area contributed by atoms with Gasteiger partial charge in [-0.1, -0.05) is 54.6 Å². The number of piperazine rings is 1. The standard InChI is InChI=1S/C31H33N7/c1-23-8-6-12-29(24(23)2)36-18-20-37(21-19-36)30(27-13-14-28-26(22-27)11-7-16-32-28)31-33-34-35-38(31)17-15-25-9-4-3-5-10-25/h3-14,16,22,30H,15,17-21H2,1-2H3. The van der Waals surface area contributed by atoms with Gasteiger partial charge < -0.3 is 4.90 Å². The van der Waals surface area contributed by atoms with E-state index in [1.165, 1.54) is 27.9 Å². The van der Waals surface area contributed by atoms with E-state index in [2.05, 4.69) is 117 Å². The monoisotopic (exact) mass is 503 g/mol. The Morgan fingerprint density at radius 3 is 2.53 bits per heavy atom. The summed E-state index contributed by atoms with van der Waals surface area (Å²) in [6, 6.07) is 27.8. The number of nitrogens with zero attached hydrogens (tertiary/aromatic N) is 7. The SMILES string of the molecule is Cc1cccc(N2CCN(C(c3ccc4ncccc4c3)c3nnnn3CCc3ccccc3)CC2)c1C. The van der Waals surface area contributed by atoms with E-state index in [0.717, 1.165) is 55.9 Å². The Labute approximate surface area is 223 Å². The van der Waals surface area contributed by atoms with Gasteiger partial charge in [0.15, 0.2) is 5.82 Å². The summed E-state index contributed by atoms with van der Waals surface area (Å²) in [4.78, 5) is 9.57. The van der Waals surface area contributed by atoms with Crippen molar-refractivity contribution in [3.8, 4) is 0 Å². The third-order valence-corrected chi connectivity index (χ3v) is 7.80. The molecule has 1 unspecified atom stereocenters. The van der Waals surface area contributed by atoms with Crippen molar-refractivity contribution in [1.29, 1.82) is 0 Å². The van der Waals surface area contributed by atoms with Crippen LogP contribution in [0.4, 0.5) is 5.69 Å². The molecule has 0 amide bonds. The lowest BCUT2D eigenvalue weighted by molar-refractivity contribution is 0.200. The molecule has 1 aliphatic heterocycles. The van der Waals surface area contributed by atoms with Gasteiger partial charge in [-0.25, -0.2) is 4.68 Å². The fourth-order valence-corrected chi connectivity index (χ4v) is 5.53. The second-order valence-electron chi connectivity index (χ2n) is 10.1. The van der Waals surface area contributed by atoms with E-state index in [1.54, 1.807) is 0 Å². The largest absolute Gasteiger partial charge is 0.369 e. The highest BCUT2D eigenvalue weighted by atomic mass is 15.6. The average Bonchev–Trinajstić information content (AvgIpc) is 3.42. The minimum atomic E-state index is -0.0360. The molecule has 7 heteroatoms. The molecule has 0 spiro atoms. The van der Waals surface area contributed by atoms with Gasteiger partial charge >= 0.3 is 0 Å². The zero-order valence-corrected chi connectivity index (χ0v) is 22.0. The molecule has 0 saturated carbocycles. The zero-order valence-electron chi connectivity index (χ0n) is 22.0. The molecule has 5 aromatic rings. The first-order valence-corrected chi connectivity index (χ1v) is 13.4. The molecule has 0 N–H and O–H groups in total. The van der Waals surface area contributed by atoms with Crippen LogP contribution in [0, 0.1) is 13.8 Å². The summed E-state index contributed by atoms with van der Waals surface area (Å²) in [6.45, 7) is 8.92. The molecule has 1 saturated heterocycles. The minimum Gasteiger partial charge on any atom is -0.369 e. The van der Waals surface area contributed by atoms with Crippen LogP contribution in [0.25, 0.3) is 10.9 Å². The Morgan fingerprint density at radius 1 is 0.842 bits per heavy atom. The van der Waals surface area contributed by atoms with Gasteiger partial charge in [-0.15, -0.1) is 5.10 Å². The smallest absolute Gasteiger partial charge is 0.173 e. The Hall–Kier alpha value is -4.10. The van der Waals surface area contributed by atoms with E-state index >= 15 is 0 Å². The van der Waals surface area contributed by atoms with Crippen molar-refractivity contribution in [2.24, 2.45) is 0 Å². The molecule has 0 bridgehead atoms. The van der Waals surface area contributed by atoms with Crippen LogP contribution in [-0.4, -0.2) is 56.3 Å². The van der Waals surface area contributed by atoms with Crippen LogP contribution in [-0.2, 0) is 13.0 Å². The molecule has 1 fully saturated rings. The van der Waals surface area contributed by atoms with Gasteiger partial charge in [0.2, 0.25) is 0 Å². The van der Waals surface area contributed by atoms with Crippen LogP contribution in [0.2, 0.25) is 0 Å². The van der Waals surface area contributed by atoms with E-state index < -0.39 is 0 Å². The van der Waals surface area contributed by atoms with Crippen LogP contribution in [0.1, 0.15) is 34.1 Å². The predicted molar refractivity (Wildman–Crippen MR) is 151 cm³/mol. The Balaban J connectivity index is 1.31. The van der Waals surface area contributed by atoms with Gasteiger partial charge in [0.25, 0.3) is 0 Å². The highest BCUT2D eigenvalue weighted by molar-refractivity contribution is 5.79. The first-order valence-electron chi connectivity index (χ1n) is 13.4. The van der Waals surface area contributed by atoms with Crippen molar-refractivity contribution in [3.63, 3.8) is 0 Å². The third-order valence-electron chi connectivity index (χ3n) is 7.80. The number of aryl methyl sites for hydroxylation is 3. The van der Waals surface area contributed by atoms with Crippen molar-refractivity contribution < 1.29 is 0 Å². The molecule has 1 aliphatic rings. The molecule has 3 heterocycles. The Bertz CT molecular complexity index is 1520. The summed E-state index contributed by atoms with van der Waals surface area (Å²) >= 11 is 0. The maximum Gasteiger partial charge on any atom is 0.173 e. The average molecular weight is 504 g/mol. The summed E-state index contributed by atoms with van der Waals surface area (Å²) < 4.78 is 1.99. The van der Waals surface area contributed by atoms with Crippen LogP contribution in [0.3, 0.4) is 0 Å². The van der Waals surface area contributed by atoms with Crippen molar-refractivity contribution in [2.75, 3.05) is 31.1 Å². The molecule has 3 aromatic carbocycles. The summed E-state index contributed by atoms with van der Waals surface area (Å²) in [6.07, 6.45) is 2.73. The van der Waals surface area contributed by atoms with Crippen LogP contribution < -0.4 is 4.90 Å². The molecular weight excluding hydrogens is 470 g/mol. The first kappa shape index (κ1) is 24.2. The quantitative estimate of drug-likeness (QED) is 0.312. The molecule has 38 heavy (non-hydrogen) atoms. The van der Waals surface area contributed by atoms with Gasteiger partial charge in [-0.2, -0.15) is 0 Å². The number of benzene rings is 3. The molecule has 0 aliphatic carbocycles. The van der Waals surface area contributed by atoms with E-state index in [-0.39, 0.29) is 6.04 Å². The van der Waals surface area contributed by atoms with Gasteiger partial charge in [0.05, 0.1) is 11.6 Å². The summed E-state index contributed by atoms with van der Waals surface area (Å²) in [5.74, 6) is 0.893. The second-order valence-corrected chi connectivity index (χ2v) is 10.1. The van der Waals surface area contributed by atoms with E-state index in [9.17, 15) is 0 Å². The van der Waals surface area contributed by atoms with Crippen molar-refractivity contribution >= 4 is 16.6 Å². The van der Waals surface area contributed by atoms with Gasteiger partial charge in [0.1, 0.15) is 0 Å². The lowest BCUT2D eigenvalue weighted by atomic mass is 10.0. The highest BCUT2D eigenvalue weighted by Crippen LogP contribution is 2.32. The van der Waals surface area contributed by atoms with E-state index in [0.29, 0.717) is 0 Å². The summed E-state index contributed by atoms with van der Waals surface area (Å²) in [5, 5.41) is 14.3. The molecule has 7 nitrogen and oxygen atoms in total. The number of aromatic nitrogens is 5. The number of anilines is 1. The van der Waals surface area contributed by atoms with Crippen molar-refractivity contribution in [3.05, 3.63) is 113 Å². The summed E-state index contributed by atoms with van der Waals surface area (Å²) in [5.41, 5.74) is 7.52. The van der Waals surface area contributed by atoms with Gasteiger partial charge in [-0.3, -0.25) is 9.88 Å². The lowest BCUT2D eigenvalue weighted by Crippen LogP contribution is -2.48. The van der Waals surface area contributed by atoms with Gasteiger partial charge in [0, 0.05) is 50.0 Å². The number of tetrazole rings is 1. The normalized spacial score (nSPS) is 15.2.